The fraction of sp³-hybridized carbons (Fsp3) is 0.636. The van der Waals surface area contributed by atoms with Gasteiger partial charge in [0.25, 0.3) is 0 Å². The van der Waals surface area contributed by atoms with Gasteiger partial charge in [-0.3, -0.25) is 4.79 Å². The van der Waals surface area contributed by atoms with Gasteiger partial charge in [0.15, 0.2) is 0 Å². The van der Waals surface area contributed by atoms with Crippen molar-refractivity contribution >= 4 is 5.78 Å². The highest BCUT2D eigenvalue weighted by molar-refractivity contribution is 5.78. The zero-order valence-corrected chi connectivity index (χ0v) is 8.84. The number of aryl methyl sites for hydroxylation is 1. The highest BCUT2D eigenvalue weighted by atomic mass is 16.1. The van der Waals surface area contributed by atoms with Crippen molar-refractivity contribution in [3.63, 3.8) is 0 Å². The van der Waals surface area contributed by atoms with Crippen molar-refractivity contribution in [1.82, 2.24) is 9.55 Å². The number of ketones is 1. The van der Waals surface area contributed by atoms with Crippen LogP contribution < -0.4 is 0 Å². The molecular weight excluding hydrogens is 176 g/mol. The molecule has 0 atom stereocenters. The number of nitrogens with zero attached hydrogens (tertiary/aromatic N) is 2. The molecule has 3 heteroatoms. The van der Waals surface area contributed by atoms with Gasteiger partial charge in [0, 0.05) is 12.2 Å². The summed E-state index contributed by atoms with van der Waals surface area (Å²) in [5.74, 6) is 1.27. The molecule has 0 bridgehead atoms. The largest absolute Gasteiger partial charge is 0.332 e. The molecule has 14 heavy (non-hydrogen) atoms. The van der Waals surface area contributed by atoms with Crippen molar-refractivity contribution in [2.24, 2.45) is 0 Å². The van der Waals surface area contributed by atoms with Crippen LogP contribution in [0.5, 0.6) is 0 Å². The van der Waals surface area contributed by atoms with E-state index in [4.69, 9.17) is 0 Å². The summed E-state index contributed by atoms with van der Waals surface area (Å²) in [6.45, 7) is 4.73. The van der Waals surface area contributed by atoms with Crippen molar-refractivity contribution in [1.29, 1.82) is 0 Å². The van der Waals surface area contributed by atoms with Gasteiger partial charge in [-0.15, -0.1) is 0 Å². The van der Waals surface area contributed by atoms with Crippen LogP contribution in [0.1, 0.15) is 37.0 Å². The molecule has 0 spiro atoms. The summed E-state index contributed by atoms with van der Waals surface area (Å²) >= 11 is 0. The number of carbonyl (C=O) groups is 1. The Morgan fingerprint density at radius 1 is 1.50 bits per heavy atom. The van der Waals surface area contributed by atoms with Gasteiger partial charge in [-0.25, -0.2) is 4.98 Å². The number of fused-ring (bicyclic) bond motifs is 1. The molecule has 0 unspecified atom stereocenters. The van der Waals surface area contributed by atoms with E-state index < -0.39 is 0 Å². The number of rotatable bonds is 2. The van der Waals surface area contributed by atoms with E-state index >= 15 is 0 Å². The lowest BCUT2D eigenvalue weighted by Gasteiger charge is -2.16. The van der Waals surface area contributed by atoms with Crippen LogP contribution in [-0.4, -0.2) is 15.3 Å². The van der Waals surface area contributed by atoms with Crippen molar-refractivity contribution < 1.29 is 4.79 Å². The number of imidazole rings is 1. The SMILES string of the molecule is CC(=O)Cc1nc(C)n2c1CCCC2. The molecule has 1 aliphatic heterocycles. The van der Waals surface area contributed by atoms with Crippen LogP contribution in [0.15, 0.2) is 0 Å². The fourth-order valence-electron chi connectivity index (χ4n) is 2.19. The van der Waals surface area contributed by atoms with E-state index in [0.717, 1.165) is 24.5 Å². The quantitative estimate of drug-likeness (QED) is 0.714. The molecule has 0 saturated heterocycles. The van der Waals surface area contributed by atoms with Gasteiger partial charge in [-0.2, -0.15) is 0 Å². The van der Waals surface area contributed by atoms with Crippen molar-refractivity contribution in [2.45, 2.75) is 46.1 Å². The van der Waals surface area contributed by atoms with Crippen LogP contribution in [0.4, 0.5) is 0 Å². The minimum Gasteiger partial charge on any atom is -0.332 e. The monoisotopic (exact) mass is 192 g/mol. The van der Waals surface area contributed by atoms with Crippen molar-refractivity contribution in [3.8, 4) is 0 Å². The minimum absolute atomic E-state index is 0.205. The highest BCUT2D eigenvalue weighted by Gasteiger charge is 2.18. The Morgan fingerprint density at radius 2 is 2.29 bits per heavy atom. The van der Waals surface area contributed by atoms with Crippen LogP contribution in [-0.2, 0) is 24.2 Å². The summed E-state index contributed by atoms with van der Waals surface area (Å²) in [5, 5.41) is 0. The molecule has 0 radical (unpaired) electrons. The first-order valence-electron chi connectivity index (χ1n) is 5.23. The summed E-state index contributed by atoms with van der Waals surface area (Å²) in [6, 6.07) is 0. The Kier molecular flexibility index (Phi) is 2.40. The van der Waals surface area contributed by atoms with Crippen molar-refractivity contribution in [2.75, 3.05) is 0 Å². The summed E-state index contributed by atoms with van der Waals surface area (Å²) in [5.41, 5.74) is 2.30. The number of hydrogen-bond donors (Lipinski definition) is 0. The first-order chi connectivity index (χ1) is 6.68. The second kappa shape index (κ2) is 3.56. The number of carbonyl (C=O) groups excluding carboxylic acids is 1. The summed E-state index contributed by atoms with van der Waals surface area (Å²) in [6.07, 6.45) is 4.06. The molecule has 0 saturated carbocycles. The number of hydrogen-bond acceptors (Lipinski definition) is 2. The van der Waals surface area contributed by atoms with Gasteiger partial charge in [-0.1, -0.05) is 0 Å². The smallest absolute Gasteiger partial charge is 0.135 e. The van der Waals surface area contributed by atoms with E-state index in [1.165, 1.54) is 18.5 Å². The third-order valence-electron chi connectivity index (χ3n) is 2.81. The van der Waals surface area contributed by atoms with E-state index in [2.05, 4.69) is 9.55 Å². The van der Waals surface area contributed by atoms with E-state index in [1.807, 2.05) is 6.92 Å². The van der Waals surface area contributed by atoms with E-state index in [0.29, 0.717) is 6.42 Å². The van der Waals surface area contributed by atoms with Crippen LogP contribution in [0.3, 0.4) is 0 Å². The molecule has 0 aliphatic carbocycles. The van der Waals surface area contributed by atoms with Gasteiger partial charge >= 0.3 is 0 Å². The molecule has 1 aromatic rings. The molecule has 1 aromatic heterocycles. The first kappa shape index (κ1) is 9.44. The number of Topliss-reactive ketones (excluding diaryl/α,β-unsaturated/α-hetero) is 1. The molecule has 0 amide bonds. The van der Waals surface area contributed by atoms with Crippen molar-refractivity contribution in [3.05, 3.63) is 17.2 Å². The zero-order chi connectivity index (χ0) is 10.1. The second-order valence-electron chi connectivity index (χ2n) is 4.04. The minimum atomic E-state index is 0.205. The first-order valence-corrected chi connectivity index (χ1v) is 5.23. The average Bonchev–Trinajstić information content (AvgIpc) is 2.44. The molecule has 76 valence electrons. The molecule has 0 N–H and O–H groups in total. The van der Waals surface area contributed by atoms with Crippen LogP contribution in [0.25, 0.3) is 0 Å². The standard InChI is InChI=1S/C11H16N2O/c1-8(14)7-10-11-5-3-4-6-13(11)9(2)12-10/h3-7H2,1-2H3. The maximum atomic E-state index is 11.1. The number of aromatic nitrogens is 2. The van der Waals surface area contributed by atoms with Crippen LogP contribution >= 0.6 is 0 Å². The lowest BCUT2D eigenvalue weighted by Crippen LogP contribution is -2.12. The molecule has 0 fully saturated rings. The highest BCUT2D eigenvalue weighted by Crippen LogP contribution is 2.20. The van der Waals surface area contributed by atoms with Crippen LogP contribution in [0, 0.1) is 6.92 Å². The van der Waals surface area contributed by atoms with E-state index in [9.17, 15) is 4.79 Å². The van der Waals surface area contributed by atoms with Gasteiger partial charge in [-0.05, 0) is 33.1 Å². The summed E-state index contributed by atoms with van der Waals surface area (Å²) in [4.78, 5) is 15.5. The molecule has 3 nitrogen and oxygen atoms in total. The molecule has 2 heterocycles. The summed E-state index contributed by atoms with van der Waals surface area (Å²) < 4.78 is 2.27. The van der Waals surface area contributed by atoms with Gasteiger partial charge in [0.1, 0.15) is 11.6 Å². The molecule has 2 rings (SSSR count). The Balaban J connectivity index is 2.36. The van der Waals surface area contributed by atoms with Gasteiger partial charge < -0.3 is 4.57 Å². The predicted octanol–water partition coefficient (Wildman–Crippen LogP) is 1.66. The van der Waals surface area contributed by atoms with Gasteiger partial charge in [0.05, 0.1) is 12.1 Å². The Hall–Kier alpha value is -1.12. The zero-order valence-electron chi connectivity index (χ0n) is 8.84. The van der Waals surface area contributed by atoms with E-state index in [1.54, 1.807) is 6.92 Å². The molecule has 0 aromatic carbocycles. The maximum absolute atomic E-state index is 11.1. The topological polar surface area (TPSA) is 34.9 Å². The lowest BCUT2D eigenvalue weighted by molar-refractivity contribution is -0.116. The molecule has 1 aliphatic rings. The lowest BCUT2D eigenvalue weighted by atomic mass is 10.1. The second-order valence-corrected chi connectivity index (χ2v) is 4.04. The third-order valence-corrected chi connectivity index (χ3v) is 2.81. The average molecular weight is 192 g/mol. The Morgan fingerprint density at radius 3 is 3.00 bits per heavy atom. The predicted molar refractivity (Wildman–Crippen MR) is 54.3 cm³/mol. The fourth-order valence-corrected chi connectivity index (χ4v) is 2.19. The normalized spacial score (nSPS) is 15.3. The molecular formula is C11H16N2O. The third kappa shape index (κ3) is 1.59. The van der Waals surface area contributed by atoms with Gasteiger partial charge in [0.2, 0.25) is 0 Å². The summed E-state index contributed by atoms with van der Waals surface area (Å²) in [7, 11) is 0. The van der Waals surface area contributed by atoms with E-state index in [-0.39, 0.29) is 5.78 Å². The maximum Gasteiger partial charge on any atom is 0.135 e. The van der Waals surface area contributed by atoms with Crippen LogP contribution in [0.2, 0.25) is 0 Å². The Bertz CT molecular complexity index is 366. The Labute approximate surface area is 84.1 Å².